The largest absolute Gasteiger partial charge is 0.433 e. The van der Waals surface area contributed by atoms with Gasteiger partial charge in [0.1, 0.15) is 23.7 Å². The van der Waals surface area contributed by atoms with Crippen LogP contribution >= 0.6 is 0 Å². The molecule has 3 aromatic rings. The summed E-state index contributed by atoms with van der Waals surface area (Å²) in [6, 6.07) is 5.70. The van der Waals surface area contributed by atoms with Crippen molar-refractivity contribution in [2.45, 2.75) is 12.7 Å². The lowest BCUT2D eigenvalue weighted by atomic mass is 10.3. The molecule has 0 spiro atoms. The zero-order valence-electron chi connectivity index (χ0n) is 12.5. The Hall–Kier alpha value is -3.04. The SMILES string of the molecule is Cn1ncnc1CNc1cc(C(F)(F)F)nc(-c2ccccn2)n1. The lowest BCUT2D eigenvalue weighted by Gasteiger charge is -2.11. The third kappa shape index (κ3) is 3.47. The monoisotopic (exact) mass is 335 g/mol. The fraction of sp³-hybridized carbons (Fsp3) is 0.214. The van der Waals surface area contributed by atoms with Gasteiger partial charge in [-0.05, 0) is 12.1 Å². The lowest BCUT2D eigenvalue weighted by molar-refractivity contribution is -0.141. The first kappa shape index (κ1) is 15.8. The predicted octanol–water partition coefficient (Wildman–Crippen LogP) is 2.30. The van der Waals surface area contributed by atoms with Crippen molar-refractivity contribution in [2.24, 2.45) is 7.05 Å². The molecule has 0 radical (unpaired) electrons. The molecule has 3 heterocycles. The second-order valence-electron chi connectivity index (χ2n) is 4.83. The van der Waals surface area contributed by atoms with Gasteiger partial charge in [0.25, 0.3) is 0 Å². The first-order valence-electron chi connectivity index (χ1n) is 6.88. The summed E-state index contributed by atoms with van der Waals surface area (Å²) in [6.45, 7) is 0.173. The second-order valence-corrected chi connectivity index (χ2v) is 4.83. The van der Waals surface area contributed by atoms with Gasteiger partial charge in [-0.1, -0.05) is 6.07 Å². The Labute approximate surface area is 134 Å². The number of alkyl halides is 3. The maximum absolute atomic E-state index is 13.1. The molecule has 0 aliphatic rings. The van der Waals surface area contributed by atoms with Crippen LogP contribution in [0, 0.1) is 0 Å². The normalized spacial score (nSPS) is 11.5. The van der Waals surface area contributed by atoms with Crippen LogP contribution in [0.15, 0.2) is 36.8 Å². The summed E-state index contributed by atoms with van der Waals surface area (Å²) in [5.74, 6) is 0.480. The number of aryl methyl sites for hydroxylation is 1. The average Bonchev–Trinajstić information content (AvgIpc) is 2.98. The minimum absolute atomic E-state index is 0.0287. The van der Waals surface area contributed by atoms with E-state index in [1.807, 2.05) is 0 Å². The molecule has 0 fully saturated rings. The van der Waals surface area contributed by atoms with Crippen LogP contribution in [0.3, 0.4) is 0 Å². The van der Waals surface area contributed by atoms with Crippen molar-refractivity contribution in [1.82, 2.24) is 29.7 Å². The minimum Gasteiger partial charge on any atom is -0.363 e. The molecule has 3 aromatic heterocycles. The fourth-order valence-electron chi connectivity index (χ4n) is 1.94. The average molecular weight is 335 g/mol. The molecule has 0 unspecified atom stereocenters. The van der Waals surface area contributed by atoms with Gasteiger partial charge in [0, 0.05) is 19.3 Å². The third-order valence-electron chi connectivity index (χ3n) is 3.14. The van der Waals surface area contributed by atoms with E-state index in [1.54, 1.807) is 25.2 Å². The summed E-state index contributed by atoms with van der Waals surface area (Å²) >= 11 is 0. The van der Waals surface area contributed by atoms with Crippen LogP contribution in [0.5, 0.6) is 0 Å². The summed E-state index contributed by atoms with van der Waals surface area (Å²) in [4.78, 5) is 15.7. The van der Waals surface area contributed by atoms with Crippen LogP contribution in [0.25, 0.3) is 11.5 Å². The van der Waals surface area contributed by atoms with E-state index in [-0.39, 0.29) is 23.9 Å². The van der Waals surface area contributed by atoms with Crippen molar-refractivity contribution in [2.75, 3.05) is 5.32 Å². The highest BCUT2D eigenvalue weighted by Gasteiger charge is 2.34. The van der Waals surface area contributed by atoms with E-state index in [2.05, 4.69) is 30.4 Å². The zero-order chi connectivity index (χ0) is 17.2. The van der Waals surface area contributed by atoms with Gasteiger partial charge in [-0.15, -0.1) is 0 Å². The molecule has 0 saturated heterocycles. The molecule has 24 heavy (non-hydrogen) atoms. The number of pyridine rings is 1. The van der Waals surface area contributed by atoms with E-state index in [0.29, 0.717) is 5.82 Å². The third-order valence-corrected chi connectivity index (χ3v) is 3.14. The van der Waals surface area contributed by atoms with Gasteiger partial charge >= 0.3 is 6.18 Å². The molecule has 3 rings (SSSR count). The molecule has 10 heteroatoms. The zero-order valence-corrected chi connectivity index (χ0v) is 12.5. The summed E-state index contributed by atoms with van der Waals surface area (Å²) < 4.78 is 40.7. The molecule has 7 nitrogen and oxygen atoms in total. The van der Waals surface area contributed by atoms with Crippen molar-refractivity contribution in [3.05, 3.63) is 48.3 Å². The Morgan fingerprint density at radius 3 is 2.62 bits per heavy atom. The van der Waals surface area contributed by atoms with E-state index in [0.717, 1.165) is 6.07 Å². The number of nitrogens with zero attached hydrogens (tertiary/aromatic N) is 6. The van der Waals surface area contributed by atoms with E-state index >= 15 is 0 Å². The fourth-order valence-corrected chi connectivity index (χ4v) is 1.94. The quantitative estimate of drug-likeness (QED) is 0.788. The van der Waals surface area contributed by atoms with Crippen molar-refractivity contribution in [1.29, 1.82) is 0 Å². The van der Waals surface area contributed by atoms with Crippen molar-refractivity contribution in [3.8, 4) is 11.5 Å². The Morgan fingerprint density at radius 1 is 1.17 bits per heavy atom. The van der Waals surface area contributed by atoms with Crippen molar-refractivity contribution >= 4 is 5.82 Å². The predicted molar refractivity (Wildman–Crippen MR) is 78.6 cm³/mol. The number of halogens is 3. The topological polar surface area (TPSA) is 81.4 Å². The summed E-state index contributed by atoms with van der Waals surface area (Å²) in [5, 5.41) is 6.70. The highest BCUT2D eigenvalue weighted by atomic mass is 19.4. The molecule has 1 N–H and O–H groups in total. The van der Waals surface area contributed by atoms with Crippen LogP contribution in [0.4, 0.5) is 19.0 Å². The second kappa shape index (κ2) is 6.22. The van der Waals surface area contributed by atoms with Crippen LogP contribution in [0.2, 0.25) is 0 Å². The first-order chi connectivity index (χ1) is 11.4. The molecule has 0 amide bonds. The summed E-state index contributed by atoms with van der Waals surface area (Å²) in [7, 11) is 1.68. The van der Waals surface area contributed by atoms with Gasteiger partial charge in [0.05, 0.1) is 6.54 Å². The van der Waals surface area contributed by atoms with Gasteiger partial charge in [-0.25, -0.2) is 15.0 Å². The molecule has 0 bridgehead atoms. The molecule has 0 aliphatic carbocycles. The Kier molecular flexibility index (Phi) is 4.11. The Balaban J connectivity index is 1.94. The van der Waals surface area contributed by atoms with Crippen molar-refractivity contribution < 1.29 is 13.2 Å². The lowest BCUT2D eigenvalue weighted by Crippen LogP contribution is -2.13. The summed E-state index contributed by atoms with van der Waals surface area (Å²) in [5.41, 5.74) is -0.788. The number of hydrogen-bond donors (Lipinski definition) is 1. The van der Waals surface area contributed by atoms with Crippen LogP contribution < -0.4 is 5.32 Å². The molecule has 0 atom stereocenters. The number of hydrogen-bond acceptors (Lipinski definition) is 6. The van der Waals surface area contributed by atoms with Gasteiger partial charge in [0.2, 0.25) is 0 Å². The van der Waals surface area contributed by atoms with Gasteiger partial charge in [-0.2, -0.15) is 18.3 Å². The standard InChI is InChI=1S/C14H12F3N7/c1-24-12(20-8-21-24)7-19-11-6-10(14(15,16)17)22-13(23-11)9-4-2-3-5-18-9/h2-6,8H,7H2,1H3,(H,19,22,23). The highest BCUT2D eigenvalue weighted by molar-refractivity contribution is 5.53. The van der Waals surface area contributed by atoms with E-state index in [1.165, 1.54) is 17.2 Å². The summed E-state index contributed by atoms with van der Waals surface area (Å²) in [6.07, 6.45) is -1.77. The highest BCUT2D eigenvalue weighted by Crippen LogP contribution is 2.30. The Bertz CT molecular complexity index is 830. The van der Waals surface area contributed by atoms with Crippen LogP contribution in [-0.4, -0.2) is 29.7 Å². The maximum atomic E-state index is 13.1. The van der Waals surface area contributed by atoms with Gasteiger partial charge in [-0.3, -0.25) is 9.67 Å². The number of anilines is 1. The molecule has 0 aromatic carbocycles. The smallest absolute Gasteiger partial charge is 0.363 e. The van der Waals surface area contributed by atoms with Crippen LogP contribution in [-0.2, 0) is 19.8 Å². The Morgan fingerprint density at radius 2 is 2.00 bits per heavy atom. The molecular weight excluding hydrogens is 323 g/mol. The first-order valence-corrected chi connectivity index (χ1v) is 6.88. The van der Waals surface area contributed by atoms with Gasteiger partial charge < -0.3 is 5.32 Å². The minimum atomic E-state index is -4.59. The maximum Gasteiger partial charge on any atom is 0.433 e. The molecule has 0 saturated carbocycles. The molecule has 0 aliphatic heterocycles. The molecule has 124 valence electrons. The van der Waals surface area contributed by atoms with E-state index in [4.69, 9.17) is 0 Å². The number of nitrogens with one attached hydrogen (secondary N) is 1. The van der Waals surface area contributed by atoms with E-state index < -0.39 is 11.9 Å². The molecular formula is C14H12F3N7. The number of aromatic nitrogens is 6. The van der Waals surface area contributed by atoms with E-state index in [9.17, 15) is 13.2 Å². The van der Waals surface area contributed by atoms with Gasteiger partial charge in [0.15, 0.2) is 11.5 Å². The van der Waals surface area contributed by atoms with Crippen molar-refractivity contribution in [3.63, 3.8) is 0 Å². The number of rotatable bonds is 4. The van der Waals surface area contributed by atoms with Crippen LogP contribution in [0.1, 0.15) is 11.5 Å².